The van der Waals surface area contributed by atoms with Crippen molar-refractivity contribution < 1.29 is 4.42 Å². The topological polar surface area (TPSA) is 45.4 Å². The first kappa shape index (κ1) is 26.2. The van der Waals surface area contributed by atoms with Gasteiger partial charge in [-0.2, -0.15) is 0 Å². The fourth-order valence-electron chi connectivity index (χ4n) is 8.84. The fraction of sp³-hybridized carbons (Fsp3) is 0.220. The molecule has 0 bridgehead atoms. The molecule has 226 valence electrons. The molecule has 3 aromatic carbocycles. The average Bonchev–Trinajstić information content (AvgIpc) is 3.73. The van der Waals surface area contributed by atoms with Crippen molar-refractivity contribution in [2.75, 3.05) is 10.2 Å². The molecule has 5 aliphatic rings. The second-order valence-electron chi connectivity index (χ2n) is 13.5. The van der Waals surface area contributed by atoms with E-state index in [0.29, 0.717) is 18.5 Å². The molecule has 4 heterocycles. The van der Waals surface area contributed by atoms with Crippen LogP contribution >= 0.6 is 0 Å². The van der Waals surface area contributed by atoms with Crippen LogP contribution in [0.1, 0.15) is 60.1 Å². The monoisotopic (exact) mass is 600 g/mol. The smallest absolute Gasteiger partial charge is 0.160 e. The first-order valence-electron chi connectivity index (χ1n) is 16.6. The van der Waals surface area contributed by atoms with Gasteiger partial charge in [0.15, 0.2) is 6.29 Å². The third-order valence-corrected chi connectivity index (χ3v) is 11.0. The van der Waals surface area contributed by atoms with E-state index in [0.717, 1.165) is 41.7 Å². The van der Waals surface area contributed by atoms with Gasteiger partial charge in [0.05, 0.1) is 29.3 Å². The summed E-state index contributed by atoms with van der Waals surface area (Å²) in [5, 5.41) is 10.0. The third kappa shape index (κ3) is 3.66. The van der Waals surface area contributed by atoms with Crippen LogP contribution in [0, 0.1) is 0 Å². The lowest BCUT2D eigenvalue weighted by molar-refractivity contribution is 0.402. The number of benzene rings is 3. The van der Waals surface area contributed by atoms with Gasteiger partial charge < -0.3 is 19.2 Å². The lowest BCUT2D eigenvalue weighted by Crippen LogP contribution is -2.50. The highest BCUT2D eigenvalue weighted by Gasteiger charge is 2.48. The Labute approximate surface area is 268 Å². The predicted molar refractivity (Wildman–Crippen MR) is 189 cm³/mol. The molecule has 10 rings (SSSR count). The first-order valence-corrected chi connectivity index (χ1v) is 16.6. The fourth-order valence-corrected chi connectivity index (χ4v) is 8.84. The number of fused-ring (bicyclic) bond motifs is 9. The Morgan fingerprint density at radius 3 is 2.67 bits per heavy atom. The number of nitrogens with zero attached hydrogens (tertiary/aromatic N) is 2. The summed E-state index contributed by atoms with van der Waals surface area (Å²) >= 11 is 0. The maximum absolute atomic E-state index is 6.19. The first-order chi connectivity index (χ1) is 22.7. The van der Waals surface area contributed by atoms with Crippen LogP contribution in [0.5, 0.6) is 0 Å². The van der Waals surface area contributed by atoms with E-state index in [9.17, 15) is 0 Å². The molecule has 2 aromatic heterocycles. The zero-order valence-corrected chi connectivity index (χ0v) is 25.9. The normalized spacial score (nSPS) is 25.7. The van der Waals surface area contributed by atoms with Crippen LogP contribution in [-0.2, 0) is 13.0 Å². The summed E-state index contributed by atoms with van der Waals surface area (Å²) in [5.74, 6) is 1.29. The van der Waals surface area contributed by atoms with E-state index in [1.807, 2.05) is 12.1 Å². The van der Waals surface area contributed by atoms with Crippen LogP contribution in [0.25, 0.3) is 33.5 Å². The standard InChI is InChI=1S/C41H36N4O/c1-41-22-10-9-15-33(41)32-23-26(19-21-35(32)45(41)28-11-3-2-4-12-28)27-18-20-30-29-13-5-7-16-34(29)44(36(30)24-27)40-42-25-38-39(43-40)31-14-6-8-17-37(31)46-38/h2-11,13-17,19,21-24,28,33,40,42-43H,12,18,20,25H2,1H3. The molecule has 2 aliphatic heterocycles. The Morgan fingerprint density at radius 2 is 1.76 bits per heavy atom. The largest absolute Gasteiger partial charge is 0.457 e. The van der Waals surface area contributed by atoms with Crippen molar-refractivity contribution in [3.05, 3.63) is 143 Å². The highest BCUT2D eigenvalue weighted by Crippen LogP contribution is 2.53. The number of allylic oxidation sites excluding steroid dienone is 5. The predicted octanol–water partition coefficient (Wildman–Crippen LogP) is 9.22. The van der Waals surface area contributed by atoms with Gasteiger partial charge in [-0.3, -0.25) is 5.32 Å². The van der Waals surface area contributed by atoms with Gasteiger partial charge in [-0.25, -0.2) is 0 Å². The molecule has 0 radical (unpaired) electrons. The van der Waals surface area contributed by atoms with Gasteiger partial charge in [0.1, 0.15) is 11.3 Å². The second kappa shape index (κ2) is 9.75. The van der Waals surface area contributed by atoms with Gasteiger partial charge >= 0.3 is 0 Å². The number of aromatic nitrogens is 1. The molecular formula is C41H36N4O. The van der Waals surface area contributed by atoms with E-state index in [-0.39, 0.29) is 11.8 Å². The molecule has 46 heavy (non-hydrogen) atoms. The molecule has 0 amide bonds. The maximum Gasteiger partial charge on any atom is 0.160 e. The second-order valence-corrected chi connectivity index (χ2v) is 13.5. The minimum atomic E-state index is -0.0937. The van der Waals surface area contributed by atoms with Crippen molar-refractivity contribution in [2.45, 2.75) is 56.5 Å². The number of furan rings is 1. The SMILES string of the molecule is CC12C=CC=CC1c1cc(C3=Cc4c(c5ccccc5n4C4NCc5oc6ccccc6c5N4)CC3)ccc1N2C1C=CC=CC1. The van der Waals surface area contributed by atoms with Gasteiger partial charge in [-0.15, -0.1) is 0 Å². The number of nitrogens with one attached hydrogen (secondary N) is 2. The van der Waals surface area contributed by atoms with Crippen LogP contribution in [-0.4, -0.2) is 16.1 Å². The number of para-hydroxylation sites is 2. The maximum atomic E-state index is 6.19. The van der Waals surface area contributed by atoms with E-state index in [1.54, 1.807) is 0 Å². The summed E-state index contributed by atoms with van der Waals surface area (Å²) in [4.78, 5) is 2.66. The van der Waals surface area contributed by atoms with Crippen LogP contribution in [0.15, 0.2) is 120 Å². The van der Waals surface area contributed by atoms with Crippen LogP contribution < -0.4 is 15.5 Å². The molecule has 5 nitrogen and oxygen atoms in total. The van der Waals surface area contributed by atoms with Gasteiger partial charge in [-0.1, -0.05) is 85.0 Å². The van der Waals surface area contributed by atoms with Crippen LogP contribution in [0.2, 0.25) is 0 Å². The van der Waals surface area contributed by atoms with E-state index in [2.05, 4.69) is 136 Å². The Morgan fingerprint density at radius 1 is 0.891 bits per heavy atom. The van der Waals surface area contributed by atoms with E-state index < -0.39 is 0 Å². The molecule has 2 N–H and O–H groups in total. The molecule has 4 unspecified atom stereocenters. The molecular weight excluding hydrogens is 564 g/mol. The highest BCUT2D eigenvalue weighted by atomic mass is 16.3. The third-order valence-electron chi connectivity index (χ3n) is 11.0. The zero-order chi connectivity index (χ0) is 30.4. The minimum absolute atomic E-state index is 0.0785. The molecule has 5 aromatic rings. The zero-order valence-electron chi connectivity index (χ0n) is 25.9. The summed E-state index contributed by atoms with van der Waals surface area (Å²) < 4.78 is 8.66. The van der Waals surface area contributed by atoms with Crippen molar-refractivity contribution in [2.24, 2.45) is 0 Å². The molecule has 0 fully saturated rings. The number of aryl methyl sites for hydroxylation is 1. The summed E-state index contributed by atoms with van der Waals surface area (Å²) in [6.07, 6.45) is 23.8. The van der Waals surface area contributed by atoms with Crippen molar-refractivity contribution in [3.8, 4) is 0 Å². The lowest BCUT2D eigenvalue weighted by Gasteiger charge is -2.43. The van der Waals surface area contributed by atoms with Crippen molar-refractivity contribution in [3.63, 3.8) is 0 Å². The molecule has 4 atom stereocenters. The average molecular weight is 601 g/mol. The number of anilines is 2. The van der Waals surface area contributed by atoms with Crippen molar-refractivity contribution >= 4 is 44.9 Å². The van der Waals surface area contributed by atoms with Crippen LogP contribution in [0.4, 0.5) is 11.4 Å². The Kier molecular flexibility index (Phi) is 5.56. The highest BCUT2D eigenvalue weighted by molar-refractivity contribution is 5.96. The Hall–Kier alpha value is -5.00. The lowest BCUT2D eigenvalue weighted by atomic mass is 9.79. The number of rotatable bonds is 3. The Balaban J connectivity index is 1.08. The minimum Gasteiger partial charge on any atom is -0.457 e. The van der Waals surface area contributed by atoms with Crippen LogP contribution in [0.3, 0.4) is 0 Å². The van der Waals surface area contributed by atoms with Gasteiger partial charge in [-0.05, 0) is 84.9 Å². The van der Waals surface area contributed by atoms with Crippen molar-refractivity contribution in [1.29, 1.82) is 0 Å². The van der Waals surface area contributed by atoms with Gasteiger partial charge in [0.25, 0.3) is 0 Å². The number of hydrogen-bond acceptors (Lipinski definition) is 4. The molecule has 3 aliphatic carbocycles. The molecule has 0 spiro atoms. The summed E-state index contributed by atoms with van der Waals surface area (Å²) in [7, 11) is 0. The van der Waals surface area contributed by atoms with Gasteiger partial charge in [0.2, 0.25) is 0 Å². The van der Waals surface area contributed by atoms with Gasteiger partial charge in [0, 0.05) is 28.1 Å². The summed E-state index contributed by atoms with van der Waals surface area (Å²) in [6, 6.07) is 24.8. The molecule has 0 saturated carbocycles. The summed E-state index contributed by atoms with van der Waals surface area (Å²) in [5.41, 5.74) is 11.4. The Bertz CT molecular complexity index is 2220. The molecule has 0 saturated heterocycles. The number of hydrogen-bond donors (Lipinski definition) is 2. The quantitative estimate of drug-likeness (QED) is 0.217. The molecule has 5 heteroatoms. The van der Waals surface area contributed by atoms with E-state index >= 15 is 0 Å². The summed E-state index contributed by atoms with van der Waals surface area (Å²) in [6.45, 7) is 3.09. The van der Waals surface area contributed by atoms with E-state index in [1.165, 1.54) is 44.5 Å². The van der Waals surface area contributed by atoms with Crippen molar-refractivity contribution in [1.82, 2.24) is 9.88 Å². The van der Waals surface area contributed by atoms with E-state index in [4.69, 9.17) is 4.42 Å².